The molecule has 3 heteroatoms. The van der Waals surface area contributed by atoms with Crippen molar-refractivity contribution in [2.24, 2.45) is 0 Å². The van der Waals surface area contributed by atoms with Crippen LogP contribution in [-0.4, -0.2) is 6.61 Å². The first-order valence-electron chi connectivity index (χ1n) is 5.88. The lowest BCUT2D eigenvalue weighted by Gasteiger charge is -2.08. The molecule has 94 valence electrons. The maximum atomic E-state index is 5.72. The lowest BCUT2D eigenvalue weighted by Crippen LogP contribution is -1.96. The number of halogens is 1. The molecule has 0 radical (unpaired) electrons. The second-order valence-electron chi connectivity index (χ2n) is 3.82. The van der Waals surface area contributed by atoms with Crippen LogP contribution in [0.5, 0.6) is 11.5 Å². The van der Waals surface area contributed by atoms with Crippen LogP contribution in [-0.2, 0) is 6.61 Å². The predicted octanol–water partition coefficient (Wildman–Crippen LogP) is 4.43. The molecular formula is C15H15BrO2. The highest BCUT2D eigenvalue weighted by Gasteiger charge is 1.98. The maximum Gasteiger partial charge on any atom is 0.123 e. The van der Waals surface area contributed by atoms with E-state index in [0.29, 0.717) is 13.2 Å². The van der Waals surface area contributed by atoms with Crippen LogP contribution in [0.4, 0.5) is 0 Å². The standard InChI is InChI=1S/C15H15BrO2/c1-2-17-14-4-3-5-15(10-14)18-11-12-6-8-13(16)9-7-12/h3-10H,2,11H2,1H3. The molecule has 2 nitrogen and oxygen atoms in total. The lowest BCUT2D eigenvalue weighted by molar-refractivity contribution is 0.299. The third kappa shape index (κ3) is 3.77. The summed E-state index contributed by atoms with van der Waals surface area (Å²) in [4.78, 5) is 0. The van der Waals surface area contributed by atoms with Gasteiger partial charge in [0, 0.05) is 10.5 Å². The fourth-order valence-corrected chi connectivity index (χ4v) is 1.83. The summed E-state index contributed by atoms with van der Waals surface area (Å²) in [6.45, 7) is 3.19. The quantitative estimate of drug-likeness (QED) is 0.813. The largest absolute Gasteiger partial charge is 0.494 e. The van der Waals surface area contributed by atoms with Crippen LogP contribution in [0.1, 0.15) is 12.5 Å². The molecule has 2 rings (SSSR count). The Balaban J connectivity index is 1.97. The van der Waals surface area contributed by atoms with Gasteiger partial charge in [-0.25, -0.2) is 0 Å². The van der Waals surface area contributed by atoms with Crippen LogP contribution >= 0.6 is 15.9 Å². The highest BCUT2D eigenvalue weighted by atomic mass is 79.9. The van der Waals surface area contributed by atoms with Gasteiger partial charge in [-0.1, -0.05) is 34.1 Å². The Hall–Kier alpha value is -1.48. The van der Waals surface area contributed by atoms with Gasteiger partial charge in [0.1, 0.15) is 18.1 Å². The molecule has 18 heavy (non-hydrogen) atoms. The van der Waals surface area contributed by atoms with Crippen molar-refractivity contribution in [2.75, 3.05) is 6.61 Å². The maximum absolute atomic E-state index is 5.72. The number of hydrogen-bond acceptors (Lipinski definition) is 2. The van der Waals surface area contributed by atoms with Gasteiger partial charge in [-0.2, -0.15) is 0 Å². The minimum atomic E-state index is 0.558. The van der Waals surface area contributed by atoms with Crippen molar-refractivity contribution in [3.05, 3.63) is 58.6 Å². The fraction of sp³-hybridized carbons (Fsp3) is 0.200. The van der Waals surface area contributed by atoms with Gasteiger partial charge in [0.25, 0.3) is 0 Å². The molecule has 0 aliphatic carbocycles. The molecule has 0 spiro atoms. The second-order valence-corrected chi connectivity index (χ2v) is 4.74. The molecule has 0 aliphatic heterocycles. The van der Waals surface area contributed by atoms with E-state index in [4.69, 9.17) is 9.47 Å². The van der Waals surface area contributed by atoms with Crippen molar-refractivity contribution in [3.8, 4) is 11.5 Å². The molecule has 0 aliphatic rings. The monoisotopic (exact) mass is 306 g/mol. The van der Waals surface area contributed by atoms with Gasteiger partial charge in [0.05, 0.1) is 6.61 Å². The Bertz CT molecular complexity index is 494. The van der Waals surface area contributed by atoms with Gasteiger partial charge in [-0.15, -0.1) is 0 Å². The highest BCUT2D eigenvalue weighted by molar-refractivity contribution is 9.10. The Labute approximate surface area is 116 Å². The van der Waals surface area contributed by atoms with Gasteiger partial charge in [-0.05, 0) is 36.8 Å². The zero-order valence-corrected chi connectivity index (χ0v) is 11.8. The molecule has 0 amide bonds. The van der Waals surface area contributed by atoms with Gasteiger partial charge >= 0.3 is 0 Å². The molecule has 0 aromatic heterocycles. The molecule has 0 bridgehead atoms. The average molecular weight is 307 g/mol. The molecule has 0 saturated carbocycles. The summed E-state index contributed by atoms with van der Waals surface area (Å²) >= 11 is 3.41. The zero-order chi connectivity index (χ0) is 12.8. The minimum Gasteiger partial charge on any atom is -0.494 e. The first kappa shape index (κ1) is 13.0. The van der Waals surface area contributed by atoms with Crippen molar-refractivity contribution in [1.29, 1.82) is 0 Å². The molecule has 0 atom stereocenters. The van der Waals surface area contributed by atoms with Gasteiger partial charge in [-0.3, -0.25) is 0 Å². The molecule has 0 N–H and O–H groups in total. The molecule has 0 heterocycles. The summed E-state index contributed by atoms with van der Waals surface area (Å²) in [6.07, 6.45) is 0. The normalized spacial score (nSPS) is 10.1. The third-order valence-corrected chi connectivity index (χ3v) is 2.96. The minimum absolute atomic E-state index is 0.558. The van der Waals surface area contributed by atoms with E-state index in [-0.39, 0.29) is 0 Å². The summed E-state index contributed by atoms with van der Waals surface area (Å²) in [5.41, 5.74) is 1.14. The topological polar surface area (TPSA) is 18.5 Å². The second kappa shape index (κ2) is 6.45. The summed E-state index contributed by atoms with van der Waals surface area (Å²) in [5.74, 6) is 1.66. The Morgan fingerprint density at radius 1 is 0.944 bits per heavy atom. The van der Waals surface area contributed by atoms with Crippen molar-refractivity contribution < 1.29 is 9.47 Å². The zero-order valence-electron chi connectivity index (χ0n) is 10.2. The molecule has 2 aromatic rings. The van der Waals surface area contributed by atoms with E-state index in [1.54, 1.807) is 0 Å². The number of rotatable bonds is 5. The van der Waals surface area contributed by atoms with Gasteiger partial charge < -0.3 is 9.47 Å². The first-order chi connectivity index (χ1) is 8.78. The van der Waals surface area contributed by atoms with Crippen LogP contribution in [0.25, 0.3) is 0 Å². The van der Waals surface area contributed by atoms with E-state index in [1.807, 2.05) is 55.5 Å². The van der Waals surface area contributed by atoms with E-state index >= 15 is 0 Å². The van der Waals surface area contributed by atoms with Gasteiger partial charge in [0.15, 0.2) is 0 Å². The van der Waals surface area contributed by atoms with Crippen molar-refractivity contribution >= 4 is 15.9 Å². The van der Waals surface area contributed by atoms with E-state index < -0.39 is 0 Å². The Morgan fingerprint density at radius 2 is 1.61 bits per heavy atom. The summed E-state index contributed by atoms with van der Waals surface area (Å²) in [7, 11) is 0. The average Bonchev–Trinajstić information content (AvgIpc) is 2.39. The molecular weight excluding hydrogens is 292 g/mol. The van der Waals surface area contributed by atoms with Crippen LogP contribution in [0.15, 0.2) is 53.0 Å². The number of ether oxygens (including phenoxy) is 2. The first-order valence-corrected chi connectivity index (χ1v) is 6.67. The highest BCUT2D eigenvalue weighted by Crippen LogP contribution is 2.20. The van der Waals surface area contributed by atoms with E-state index in [9.17, 15) is 0 Å². The van der Waals surface area contributed by atoms with Crippen molar-refractivity contribution in [3.63, 3.8) is 0 Å². The number of hydrogen-bond donors (Lipinski definition) is 0. The Kier molecular flexibility index (Phi) is 4.65. The summed E-state index contributed by atoms with van der Waals surface area (Å²) < 4.78 is 12.2. The van der Waals surface area contributed by atoms with Gasteiger partial charge in [0.2, 0.25) is 0 Å². The van der Waals surface area contributed by atoms with Crippen LogP contribution in [0.3, 0.4) is 0 Å². The Morgan fingerprint density at radius 3 is 2.28 bits per heavy atom. The van der Waals surface area contributed by atoms with E-state index in [2.05, 4.69) is 15.9 Å². The molecule has 0 fully saturated rings. The van der Waals surface area contributed by atoms with Crippen molar-refractivity contribution in [2.45, 2.75) is 13.5 Å². The van der Waals surface area contributed by atoms with Crippen molar-refractivity contribution in [1.82, 2.24) is 0 Å². The predicted molar refractivity (Wildman–Crippen MR) is 76.1 cm³/mol. The summed E-state index contributed by atoms with van der Waals surface area (Å²) in [6, 6.07) is 15.8. The SMILES string of the molecule is CCOc1cccc(OCc2ccc(Br)cc2)c1. The molecule has 0 saturated heterocycles. The van der Waals surface area contributed by atoms with Crippen LogP contribution in [0, 0.1) is 0 Å². The van der Waals surface area contributed by atoms with Crippen LogP contribution in [0.2, 0.25) is 0 Å². The molecule has 0 unspecified atom stereocenters. The number of benzene rings is 2. The summed E-state index contributed by atoms with van der Waals surface area (Å²) in [5, 5.41) is 0. The fourth-order valence-electron chi connectivity index (χ4n) is 1.57. The van der Waals surface area contributed by atoms with E-state index in [0.717, 1.165) is 21.5 Å². The lowest BCUT2D eigenvalue weighted by atomic mass is 10.2. The third-order valence-electron chi connectivity index (χ3n) is 2.44. The van der Waals surface area contributed by atoms with Crippen LogP contribution < -0.4 is 9.47 Å². The van der Waals surface area contributed by atoms with E-state index in [1.165, 1.54) is 0 Å². The smallest absolute Gasteiger partial charge is 0.123 e. The molecule has 2 aromatic carbocycles.